The molecule has 0 unspecified atom stereocenters. The molecule has 40 heavy (non-hydrogen) atoms. The summed E-state index contributed by atoms with van der Waals surface area (Å²) in [6.07, 6.45) is 10.4. The first-order chi connectivity index (χ1) is 19.5. The second-order valence-electron chi connectivity index (χ2n) is 10.9. The number of fused-ring (bicyclic) bond motifs is 1. The number of nitrogens with one attached hydrogen (secondary N) is 2. The molecule has 11 heteroatoms. The zero-order valence-corrected chi connectivity index (χ0v) is 23.2. The van der Waals surface area contributed by atoms with E-state index >= 15 is 0 Å². The van der Waals surface area contributed by atoms with Gasteiger partial charge in [-0.05, 0) is 75.6 Å². The second kappa shape index (κ2) is 11.3. The van der Waals surface area contributed by atoms with Gasteiger partial charge in [0.25, 0.3) is 0 Å². The molecule has 10 nitrogen and oxygen atoms in total. The molecule has 0 aromatic carbocycles. The number of rotatable bonds is 6. The van der Waals surface area contributed by atoms with Crippen molar-refractivity contribution in [1.29, 1.82) is 5.26 Å². The minimum Gasteiger partial charge on any atom is -0.393 e. The molecule has 4 aromatic heterocycles. The highest BCUT2D eigenvalue weighted by molar-refractivity contribution is 7.14. The van der Waals surface area contributed by atoms with E-state index in [0.717, 1.165) is 89.5 Å². The van der Waals surface area contributed by atoms with Crippen LogP contribution in [0.2, 0.25) is 0 Å². The molecule has 0 spiro atoms. The fourth-order valence-electron chi connectivity index (χ4n) is 5.86. The van der Waals surface area contributed by atoms with Gasteiger partial charge in [-0.15, -0.1) is 10.2 Å². The Kier molecular flexibility index (Phi) is 7.45. The number of aliphatic hydroxyl groups excluding tert-OH is 1. The Hall–Kier alpha value is -3.88. The van der Waals surface area contributed by atoms with Crippen LogP contribution in [-0.4, -0.2) is 54.0 Å². The monoisotopic (exact) mass is 556 g/mol. The molecule has 1 amide bonds. The van der Waals surface area contributed by atoms with E-state index in [-0.39, 0.29) is 24.1 Å². The third-order valence-electron chi connectivity index (χ3n) is 8.01. The lowest BCUT2D eigenvalue weighted by Gasteiger charge is -2.28. The number of hydrogen-bond donors (Lipinski definition) is 3. The van der Waals surface area contributed by atoms with Gasteiger partial charge in [-0.25, -0.2) is 4.52 Å². The standard InChI is InChI=1S/C29H32N8O2S/c1-17(38)33-20-4-2-19(3-5-20)28-35-36-29(40-28)24-16-31-26(13-25(24)34-21-6-9-23(39)10-7-21)27-11-8-22-12-18(14-30)15-32-37(22)27/h8,11-13,15-16,19-21,23,39H,2-7,9-10H2,1H3,(H,31,34)(H,33,38). The topological polar surface area (TPSA) is 141 Å². The molecule has 206 valence electrons. The number of amides is 1. The van der Waals surface area contributed by atoms with Crippen molar-refractivity contribution in [2.45, 2.75) is 82.4 Å². The van der Waals surface area contributed by atoms with E-state index in [1.54, 1.807) is 29.0 Å². The Bertz CT molecular complexity index is 1560. The van der Waals surface area contributed by atoms with Crippen LogP contribution < -0.4 is 10.6 Å². The average Bonchev–Trinajstić information content (AvgIpc) is 3.62. The van der Waals surface area contributed by atoms with Crippen LogP contribution in [0.25, 0.3) is 27.5 Å². The number of aliphatic hydroxyl groups is 1. The molecule has 0 saturated heterocycles. The summed E-state index contributed by atoms with van der Waals surface area (Å²) >= 11 is 1.62. The molecule has 2 fully saturated rings. The number of carbonyl (C=O) groups excluding carboxylic acids is 1. The first kappa shape index (κ1) is 26.3. The lowest BCUT2D eigenvalue weighted by molar-refractivity contribution is -0.119. The van der Waals surface area contributed by atoms with Crippen molar-refractivity contribution in [3.05, 3.63) is 47.2 Å². The summed E-state index contributed by atoms with van der Waals surface area (Å²) in [5.74, 6) is 0.372. The van der Waals surface area contributed by atoms with Gasteiger partial charge in [-0.2, -0.15) is 10.4 Å². The Morgan fingerprint density at radius 1 is 1.05 bits per heavy atom. The van der Waals surface area contributed by atoms with Crippen molar-refractivity contribution in [3.8, 4) is 28.0 Å². The predicted octanol–water partition coefficient (Wildman–Crippen LogP) is 4.66. The van der Waals surface area contributed by atoms with Gasteiger partial charge >= 0.3 is 0 Å². The summed E-state index contributed by atoms with van der Waals surface area (Å²) in [6.45, 7) is 1.57. The molecule has 2 saturated carbocycles. The summed E-state index contributed by atoms with van der Waals surface area (Å²) in [7, 11) is 0. The maximum Gasteiger partial charge on any atom is 0.217 e. The highest BCUT2D eigenvalue weighted by atomic mass is 32.1. The van der Waals surface area contributed by atoms with Crippen LogP contribution in [-0.2, 0) is 4.79 Å². The Morgan fingerprint density at radius 2 is 1.82 bits per heavy atom. The lowest BCUT2D eigenvalue weighted by Crippen LogP contribution is -2.35. The number of nitriles is 1. The normalized spacial score (nSPS) is 23.0. The smallest absolute Gasteiger partial charge is 0.217 e. The summed E-state index contributed by atoms with van der Waals surface area (Å²) in [5.41, 5.74) is 4.79. The number of aromatic nitrogens is 5. The third kappa shape index (κ3) is 5.55. The van der Waals surface area contributed by atoms with E-state index < -0.39 is 0 Å². The van der Waals surface area contributed by atoms with Gasteiger partial charge in [0.2, 0.25) is 5.91 Å². The molecule has 3 N–H and O–H groups in total. The molecule has 6 rings (SSSR count). The van der Waals surface area contributed by atoms with E-state index in [1.807, 2.05) is 30.5 Å². The Balaban J connectivity index is 1.29. The molecule has 0 aliphatic heterocycles. The third-order valence-corrected chi connectivity index (χ3v) is 9.13. The van der Waals surface area contributed by atoms with E-state index in [1.165, 1.54) is 0 Å². The summed E-state index contributed by atoms with van der Waals surface area (Å²) < 4.78 is 1.80. The SMILES string of the molecule is CC(=O)NC1CCC(c2nnc(-c3cnc(-c4ccc5cc(C#N)cnn45)cc3NC3CCC(O)CC3)s2)CC1. The van der Waals surface area contributed by atoms with Crippen molar-refractivity contribution in [3.63, 3.8) is 0 Å². The van der Waals surface area contributed by atoms with Gasteiger partial charge in [-0.3, -0.25) is 9.78 Å². The number of anilines is 1. The van der Waals surface area contributed by atoms with Crippen LogP contribution in [0.4, 0.5) is 5.69 Å². The van der Waals surface area contributed by atoms with Gasteiger partial charge in [-0.1, -0.05) is 11.3 Å². The largest absolute Gasteiger partial charge is 0.393 e. The summed E-state index contributed by atoms with van der Waals surface area (Å²) in [4.78, 5) is 16.2. The number of carbonyl (C=O) groups is 1. The molecule has 0 atom stereocenters. The van der Waals surface area contributed by atoms with Crippen LogP contribution >= 0.6 is 11.3 Å². The van der Waals surface area contributed by atoms with Gasteiger partial charge < -0.3 is 15.7 Å². The highest BCUT2D eigenvalue weighted by Crippen LogP contribution is 2.39. The van der Waals surface area contributed by atoms with E-state index in [2.05, 4.69) is 32.0 Å². The fraction of sp³-hybridized carbons (Fsp3) is 0.448. The van der Waals surface area contributed by atoms with Crippen LogP contribution in [0.5, 0.6) is 0 Å². The van der Waals surface area contributed by atoms with E-state index in [0.29, 0.717) is 11.5 Å². The molecular formula is C29H32N8O2S. The number of hydrogen-bond acceptors (Lipinski definition) is 9. The minimum absolute atomic E-state index is 0.0287. The molecule has 0 bridgehead atoms. The molecule has 4 heterocycles. The Labute approximate surface area is 236 Å². The van der Waals surface area contributed by atoms with Gasteiger partial charge in [0, 0.05) is 36.8 Å². The summed E-state index contributed by atoms with van der Waals surface area (Å²) in [6, 6.07) is 10.4. The summed E-state index contributed by atoms with van der Waals surface area (Å²) in [5, 5.41) is 41.5. The van der Waals surface area contributed by atoms with Gasteiger partial charge in [0.05, 0.1) is 40.3 Å². The van der Waals surface area contributed by atoms with Crippen LogP contribution in [0.1, 0.15) is 74.8 Å². The first-order valence-corrected chi connectivity index (χ1v) is 14.7. The molecule has 0 radical (unpaired) electrons. The van der Waals surface area contributed by atoms with Crippen molar-refractivity contribution in [1.82, 2.24) is 30.1 Å². The zero-order valence-electron chi connectivity index (χ0n) is 22.4. The van der Waals surface area contributed by atoms with Crippen molar-refractivity contribution in [2.24, 2.45) is 0 Å². The fourth-order valence-corrected chi connectivity index (χ4v) is 6.90. The van der Waals surface area contributed by atoms with Crippen LogP contribution in [0.3, 0.4) is 0 Å². The van der Waals surface area contributed by atoms with Gasteiger partial charge in [0.1, 0.15) is 11.1 Å². The maximum atomic E-state index is 11.4. The van der Waals surface area contributed by atoms with Gasteiger partial charge in [0.15, 0.2) is 5.01 Å². The number of pyridine rings is 1. The van der Waals surface area contributed by atoms with E-state index in [9.17, 15) is 15.2 Å². The van der Waals surface area contributed by atoms with E-state index in [4.69, 9.17) is 4.98 Å². The first-order valence-electron chi connectivity index (χ1n) is 13.9. The van der Waals surface area contributed by atoms with Crippen molar-refractivity contribution in [2.75, 3.05) is 5.32 Å². The molecule has 2 aliphatic rings. The molecule has 2 aliphatic carbocycles. The average molecular weight is 557 g/mol. The highest BCUT2D eigenvalue weighted by Gasteiger charge is 2.27. The zero-order chi connectivity index (χ0) is 27.6. The predicted molar refractivity (Wildman–Crippen MR) is 153 cm³/mol. The van der Waals surface area contributed by atoms with Crippen molar-refractivity contribution < 1.29 is 9.90 Å². The lowest BCUT2D eigenvalue weighted by atomic mass is 9.86. The number of nitrogens with zero attached hydrogens (tertiary/aromatic N) is 6. The van der Waals surface area contributed by atoms with Crippen LogP contribution in [0.15, 0.2) is 36.7 Å². The van der Waals surface area contributed by atoms with Crippen LogP contribution in [0, 0.1) is 11.3 Å². The maximum absolute atomic E-state index is 11.4. The van der Waals surface area contributed by atoms with Crippen molar-refractivity contribution >= 4 is 28.4 Å². The molecular weight excluding hydrogens is 524 g/mol. The Morgan fingerprint density at radius 3 is 2.58 bits per heavy atom. The second-order valence-corrected chi connectivity index (χ2v) is 11.9. The minimum atomic E-state index is -0.228. The quantitative estimate of drug-likeness (QED) is 0.311. The molecule has 4 aromatic rings.